The van der Waals surface area contributed by atoms with Crippen LogP contribution in [-0.2, 0) is 22.6 Å². The Bertz CT molecular complexity index is 387. The second kappa shape index (κ2) is 6.65. The Balaban J connectivity index is 2.40. The molecular weight excluding hydrogens is 220 g/mol. The monoisotopic (exact) mass is 236 g/mol. The number of carbonyl (C=O) groups is 2. The van der Waals surface area contributed by atoms with Gasteiger partial charge in [0, 0.05) is 13.6 Å². The van der Waals surface area contributed by atoms with Crippen molar-refractivity contribution in [2.24, 2.45) is 0 Å². The summed E-state index contributed by atoms with van der Waals surface area (Å²) in [5, 5.41) is 14.1. The Labute approximate surface area is 99.8 Å². The van der Waals surface area contributed by atoms with Crippen LogP contribution >= 0.6 is 0 Å². The third-order valence-electron chi connectivity index (χ3n) is 2.27. The Hall–Kier alpha value is -1.88. The number of benzene rings is 1. The van der Waals surface area contributed by atoms with E-state index in [-0.39, 0.29) is 18.9 Å². The summed E-state index contributed by atoms with van der Waals surface area (Å²) in [7, 11) is 1.59. The molecule has 1 aromatic rings. The summed E-state index contributed by atoms with van der Waals surface area (Å²) in [4.78, 5) is 21.4. The first kappa shape index (κ1) is 13.2. The maximum Gasteiger partial charge on any atom is 0.307 e. The molecule has 5 heteroatoms. The molecule has 0 aliphatic carbocycles. The first-order valence-corrected chi connectivity index (χ1v) is 5.32. The second-order valence-electron chi connectivity index (χ2n) is 3.66. The summed E-state index contributed by atoms with van der Waals surface area (Å²) in [6, 6.07) is 7.28. The smallest absolute Gasteiger partial charge is 0.307 e. The van der Waals surface area contributed by atoms with Gasteiger partial charge in [-0.2, -0.15) is 0 Å². The lowest BCUT2D eigenvalue weighted by molar-refractivity contribution is -0.136. The van der Waals surface area contributed by atoms with Gasteiger partial charge in [-0.3, -0.25) is 9.59 Å². The molecule has 0 saturated carbocycles. The molecule has 0 aliphatic heterocycles. The highest BCUT2D eigenvalue weighted by molar-refractivity contribution is 5.77. The van der Waals surface area contributed by atoms with Gasteiger partial charge in [0.2, 0.25) is 5.91 Å². The topological polar surface area (TPSA) is 78.4 Å². The fraction of sp³-hybridized carbons (Fsp3) is 0.333. The lowest BCUT2D eigenvalue weighted by Crippen LogP contribution is -2.30. The molecule has 17 heavy (non-hydrogen) atoms. The molecule has 92 valence electrons. The summed E-state index contributed by atoms with van der Waals surface area (Å²) in [5.74, 6) is -0.900. The van der Waals surface area contributed by atoms with Gasteiger partial charge in [-0.05, 0) is 11.1 Å². The summed E-state index contributed by atoms with van der Waals surface area (Å²) < 4.78 is 0. The standard InChI is InChI=1S/C12H16N2O3/c1-13-11(15)8-14-7-10-4-2-9(3-5-10)6-12(16)17/h2-5,14H,6-8H2,1H3,(H,13,15)(H,16,17). The number of aliphatic carboxylic acids is 1. The molecular formula is C12H16N2O3. The summed E-state index contributed by atoms with van der Waals surface area (Å²) in [6.07, 6.45) is 0.0337. The molecule has 1 rings (SSSR count). The molecule has 0 fully saturated rings. The number of hydrogen-bond acceptors (Lipinski definition) is 3. The van der Waals surface area contributed by atoms with Crippen LogP contribution in [0.1, 0.15) is 11.1 Å². The van der Waals surface area contributed by atoms with Crippen molar-refractivity contribution in [1.29, 1.82) is 0 Å². The fourth-order valence-electron chi connectivity index (χ4n) is 1.36. The van der Waals surface area contributed by atoms with Gasteiger partial charge in [-0.25, -0.2) is 0 Å². The van der Waals surface area contributed by atoms with Crippen LogP contribution in [0.15, 0.2) is 24.3 Å². The summed E-state index contributed by atoms with van der Waals surface area (Å²) in [5.41, 5.74) is 1.79. The van der Waals surface area contributed by atoms with E-state index < -0.39 is 5.97 Å². The zero-order valence-corrected chi connectivity index (χ0v) is 9.69. The van der Waals surface area contributed by atoms with E-state index in [2.05, 4.69) is 10.6 Å². The first-order valence-electron chi connectivity index (χ1n) is 5.32. The first-order chi connectivity index (χ1) is 8.11. The number of hydrogen-bond donors (Lipinski definition) is 3. The number of likely N-dealkylation sites (N-methyl/N-ethyl adjacent to an activating group) is 1. The third kappa shape index (κ3) is 5.12. The van der Waals surface area contributed by atoms with Crippen molar-refractivity contribution in [3.05, 3.63) is 35.4 Å². The molecule has 0 saturated heterocycles. The molecule has 5 nitrogen and oxygen atoms in total. The van der Waals surface area contributed by atoms with E-state index in [0.717, 1.165) is 11.1 Å². The summed E-state index contributed by atoms with van der Waals surface area (Å²) >= 11 is 0. The minimum absolute atomic E-state index is 0.0337. The van der Waals surface area contributed by atoms with Gasteiger partial charge >= 0.3 is 5.97 Å². The molecule has 0 unspecified atom stereocenters. The lowest BCUT2D eigenvalue weighted by Gasteiger charge is -2.05. The van der Waals surface area contributed by atoms with Gasteiger partial charge in [-0.1, -0.05) is 24.3 Å². The van der Waals surface area contributed by atoms with Crippen LogP contribution < -0.4 is 10.6 Å². The molecule has 3 N–H and O–H groups in total. The molecule has 1 amide bonds. The number of carboxylic acid groups (broad SMARTS) is 1. The molecule has 0 aliphatic rings. The van der Waals surface area contributed by atoms with Crippen LogP contribution in [0.25, 0.3) is 0 Å². The number of nitrogens with one attached hydrogen (secondary N) is 2. The van der Waals surface area contributed by atoms with E-state index in [9.17, 15) is 9.59 Å². The van der Waals surface area contributed by atoms with Crippen molar-refractivity contribution < 1.29 is 14.7 Å². The zero-order chi connectivity index (χ0) is 12.7. The predicted octanol–water partition coefficient (Wildman–Crippen LogP) is 0.149. The highest BCUT2D eigenvalue weighted by atomic mass is 16.4. The van der Waals surface area contributed by atoms with Crippen molar-refractivity contribution >= 4 is 11.9 Å². The van der Waals surface area contributed by atoms with Gasteiger partial charge in [-0.15, -0.1) is 0 Å². The average Bonchev–Trinajstić information content (AvgIpc) is 2.30. The molecule has 0 spiro atoms. The van der Waals surface area contributed by atoms with Gasteiger partial charge in [0.25, 0.3) is 0 Å². The lowest BCUT2D eigenvalue weighted by atomic mass is 10.1. The van der Waals surface area contributed by atoms with E-state index >= 15 is 0 Å². The maximum absolute atomic E-state index is 10.9. The molecule has 0 bridgehead atoms. The molecule has 0 heterocycles. The minimum atomic E-state index is -0.838. The SMILES string of the molecule is CNC(=O)CNCc1ccc(CC(=O)O)cc1. The van der Waals surface area contributed by atoms with Crippen LogP contribution in [-0.4, -0.2) is 30.6 Å². The largest absolute Gasteiger partial charge is 0.481 e. The van der Waals surface area contributed by atoms with Crippen LogP contribution in [0.3, 0.4) is 0 Å². The molecule has 1 aromatic carbocycles. The average molecular weight is 236 g/mol. The highest BCUT2D eigenvalue weighted by Crippen LogP contribution is 2.04. The normalized spacial score (nSPS) is 9.94. The maximum atomic E-state index is 10.9. The van der Waals surface area contributed by atoms with Gasteiger partial charge in [0.15, 0.2) is 0 Å². The van der Waals surface area contributed by atoms with E-state index in [1.54, 1.807) is 19.2 Å². The van der Waals surface area contributed by atoms with Crippen molar-refractivity contribution in [2.45, 2.75) is 13.0 Å². The van der Waals surface area contributed by atoms with Crippen LogP contribution in [0.2, 0.25) is 0 Å². The van der Waals surface area contributed by atoms with E-state index in [1.165, 1.54) is 0 Å². The van der Waals surface area contributed by atoms with Gasteiger partial charge < -0.3 is 15.7 Å². The van der Waals surface area contributed by atoms with Gasteiger partial charge in [0.1, 0.15) is 0 Å². The predicted molar refractivity (Wildman–Crippen MR) is 63.6 cm³/mol. The van der Waals surface area contributed by atoms with Crippen molar-refractivity contribution in [2.75, 3.05) is 13.6 Å². The van der Waals surface area contributed by atoms with Crippen molar-refractivity contribution in [1.82, 2.24) is 10.6 Å². The third-order valence-corrected chi connectivity index (χ3v) is 2.27. The number of carbonyl (C=O) groups excluding carboxylic acids is 1. The molecule has 0 atom stereocenters. The van der Waals surface area contributed by atoms with Crippen molar-refractivity contribution in [3.63, 3.8) is 0 Å². The summed E-state index contributed by atoms with van der Waals surface area (Å²) in [6.45, 7) is 0.855. The Morgan fingerprint density at radius 3 is 2.29 bits per heavy atom. The van der Waals surface area contributed by atoms with Crippen molar-refractivity contribution in [3.8, 4) is 0 Å². The van der Waals surface area contributed by atoms with Crippen LogP contribution in [0.4, 0.5) is 0 Å². The Morgan fingerprint density at radius 2 is 1.76 bits per heavy atom. The Morgan fingerprint density at radius 1 is 1.18 bits per heavy atom. The van der Waals surface area contributed by atoms with Gasteiger partial charge in [0.05, 0.1) is 13.0 Å². The molecule has 0 aromatic heterocycles. The number of carboxylic acids is 1. The Kier molecular flexibility index (Phi) is 5.16. The minimum Gasteiger partial charge on any atom is -0.481 e. The van der Waals surface area contributed by atoms with Crippen LogP contribution in [0, 0.1) is 0 Å². The number of amides is 1. The highest BCUT2D eigenvalue weighted by Gasteiger charge is 2.01. The zero-order valence-electron chi connectivity index (χ0n) is 9.69. The quantitative estimate of drug-likeness (QED) is 0.657. The number of rotatable bonds is 6. The van der Waals surface area contributed by atoms with E-state index in [4.69, 9.17) is 5.11 Å². The molecule has 0 radical (unpaired) electrons. The second-order valence-corrected chi connectivity index (χ2v) is 3.66. The van der Waals surface area contributed by atoms with Crippen LogP contribution in [0.5, 0.6) is 0 Å². The van der Waals surface area contributed by atoms with E-state index in [0.29, 0.717) is 6.54 Å². The van der Waals surface area contributed by atoms with E-state index in [1.807, 2.05) is 12.1 Å². The fourth-order valence-corrected chi connectivity index (χ4v) is 1.36.